The smallest absolute Gasteiger partial charge is 0.188 e. The van der Waals surface area contributed by atoms with Crippen LogP contribution in [0.15, 0.2) is 48.5 Å². The summed E-state index contributed by atoms with van der Waals surface area (Å²) in [6.07, 6.45) is 0. The first-order valence-electron chi connectivity index (χ1n) is 6.94. The Morgan fingerprint density at radius 3 is 1.83 bits per heavy atom. The Hall–Kier alpha value is -2.05. The quantitative estimate of drug-likeness (QED) is 0.633. The molecule has 23 heavy (non-hydrogen) atoms. The van der Waals surface area contributed by atoms with Crippen molar-refractivity contribution < 1.29 is 9.47 Å². The van der Waals surface area contributed by atoms with Gasteiger partial charge in [0, 0.05) is 11.1 Å². The fraction of sp³-hybridized carbons (Fsp3) is 0.118. The van der Waals surface area contributed by atoms with Crippen molar-refractivity contribution >= 4 is 28.4 Å². The molecule has 1 aromatic heterocycles. The van der Waals surface area contributed by atoms with Crippen LogP contribution in [-0.2, 0) is 0 Å². The normalized spacial score (nSPS) is 10.6. The molecule has 0 fully saturated rings. The summed E-state index contributed by atoms with van der Waals surface area (Å²) in [4.78, 5) is 3.25. The highest BCUT2D eigenvalue weighted by atomic mass is 79.9. The predicted molar refractivity (Wildman–Crippen MR) is 97.9 cm³/mol. The minimum Gasteiger partial charge on any atom is -0.497 e. The van der Waals surface area contributed by atoms with Crippen LogP contribution in [0.5, 0.6) is 11.5 Å². The van der Waals surface area contributed by atoms with Crippen molar-refractivity contribution in [1.29, 1.82) is 0 Å². The van der Waals surface area contributed by atoms with Gasteiger partial charge in [0.15, 0.2) is 4.77 Å². The Bertz CT molecular complexity index is 867. The molecule has 6 heteroatoms. The van der Waals surface area contributed by atoms with Crippen molar-refractivity contribution in [3.05, 3.63) is 53.3 Å². The Morgan fingerprint density at radius 1 is 0.870 bits per heavy atom. The van der Waals surface area contributed by atoms with E-state index in [-0.39, 0.29) is 0 Å². The summed E-state index contributed by atoms with van der Waals surface area (Å²) in [6.45, 7) is 0. The van der Waals surface area contributed by atoms with Crippen molar-refractivity contribution in [2.75, 3.05) is 14.2 Å². The van der Waals surface area contributed by atoms with Crippen LogP contribution in [0.25, 0.3) is 22.5 Å². The maximum atomic E-state index is 5.37. The lowest BCUT2D eigenvalue weighted by atomic mass is 10.0. The zero-order valence-electron chi connectivity index (χ0n) is 12.7. The molecule has 0 spiro atoms. The summed E-state index contributed by atoms with van der Waals surface area (Å²) in [5.41, 5.74) is 3.96. The van der Waals surface area contributed by atoms with E-state index in [1.807, 2.05) is 48.5 Å². The summed E-state index contributed by atoms with van der Waals surface area (Å²) in [6, 6.07) is 15.7. The summed E-state index contributed by atoms with van der Waals surface area (Å²) >= 11 is 8.89. The standard InChI is InChI=1S/C17H15BrN2O2S/c1-21-13-7-3-11(4-8-13)15-16(20(18)17(23)19-15)12-5-9-14(22-2)10-6-12/h3-10H,1-2H3,(H,19,23). The highest BCUT2D eigenvalue weighted by Crippen LogP contribution is 2.34. The molecule has 3 aromatic rings. The number of aromatic amines is 1. The van der Waals surface area contributed by atoms with Crippen LogP contribution >= 0.6 is 28.4 Å². The highest BCUT2D eigenvalue weighted by Gasteiger charge is 2.15. The number of aromatic nitrogens is 2. The highest BCUT2D eigenvalue weighted by molar-refractivity contribution is 9.08. The number of ether oxygens (including phenoxy) is 2. The third-order valence-electron chi connectivity index (χ3n) is 3.59. The fourth-order valence-corrected chi connectivity index (χ4v) is 3.05. The molecule has 0 atom stereocenters. The Balaban J connectivity index is 2.13. The van der Waals surface area contributed by atoms with Gasteiger partial charge in [-0.2, -0.15) is 0 Å². The first-order chi connectivity index (χ1) is 11.1. The van der Waals surface area contributed by atoms with Crippen molar-refractivity contribution in [2.24, 2.45) is 0 Å². The number of nitrogens with one attached hydrogen (secondary N) is 1. The fourth-order valence-electron chi connectivity index (χ4n) is 2.39. The lowest BCUT2D eigenvalue weighted by Crippen LogP contribution is -1.89. The third kappa shape index (κ3) is 3.04. The predicted octanol–water partition coefficient (Wildman–Crippen LogP) is 5.05. The monoisotopic (exact) mass is 390 g/mol. The van der Waals surface area contributed by atoms with Crippen LogP contribution in [-0.4, -0.2) is 22.8 Å². The number of H-pyrrole nitrogens is 1. The van der Waals surface area contributed by atoms with Crippen LogP contribution in [0.4, 0.5) is 0 Å². The lowest BCUT2D eigenvalue weighted by molar-refractivity contribution is 0.414. The van der Waals surface area contributed by atoms with Gasteiger partial charge >= 0.3 is 0 Å². The van der Waals surface area contributed by atoms with E-state index in [1.54, 1.807) is 17.8 Å². The molecular weight excluding hydrogens is 376 g/mol. The van der Waals surface area contributed by atoms with Gasteiger partial charge in [0.1, 0.15) is 11.5 Å². The second-order valence-corrected chi connectivity index (χ2v) is 5.99. The number of hydrogen-bond acceptors (Lipinski definition) is 3. The molecule has 0 unspecified atom stereocenters. The van der Waals surface area contributed by atoms with Crippen molar-refractivity contribution in [2.45, 2.75) is 0 Å². The maximum absolute atomic E-state index is 5.37. The van der Waals surface area contributed by atoms with E-state index < -0.39 is 0 Å². The molecule has 118 valence electrons. The second kappa shape index (κ2) is 6.60. The van der Waals surface area contributed by atoms with E-state index in [1.165, 1.54) is 0 Å². The zero-order valence-corrected chi connectivity index (χ0v) is 15.1. The van der Waals surface area contributed by atoms with E-state index in [4.69, 9.17) is 21.7 Å². The average Bonchev–Trinajstić information content (AvgIpc) is 2.90. The van der Waals surface area contributed by atoms with Gasteiger partial charge in [-0.05, 0) is 60.7 Å². The van der Waals surface area contributed by atoms with Crippen LogP contribution in [0.3, 0.4) is 0 Å². The topological polar surface area (TPSA) is 39.2 Å². The van der Waals surface area contributed by atoms with Gasteiger partial charge in [0.2, 0.25) is 0 Å². The molecule has 3 rings (SSSR count). The number of methoxy groups -OCH3 is 2. The first-order valence-corrected chi connectivity index (χ1v) is 8.06. The SMILES string of the molecule is COc1ccc(-c2[nH]c(=S)n(Br)c2-c2ccc(OC)cc2)cc1. The second-order valence-electron chi connectivity index (χ2n) is 4.89. The summed E-state index contributed by atoms with van der Waals surface area (Å²) in [5.74, 6) is 1.63. The largest absolute Gasteiger partial charge is 0.497 e. The van der Waals surface area contributed by atoms with Gasteiger partial charge in [0.25, 0.3) is 0 Å². The van der Waals surface area contributed by atoms with Crippen LogP contribution in [0, 0.1) is 4.77 Å². The summed E-state index contributed by atoms with van der Waals surface area (Å²) in [7, 11) is 3.31. The maximum Gasteiger partial charge on any atom is 0.188 e. The van der Waals surface area contributed by atoms with Gasteiger partial charge < -0.3 is 14.5 Å². The molecule has 0 aliphatic carbocycles. The van der Waals surface area contributed by atoms with Gasteiger partial charge in [-0.1, -0.05) is 0 Å². The van der Waals surface area contributed by atoms with Gasteiger partial charge in [-0.3, -0.25) is 0 Å². The minimum atomic E-state index is 0.599. The summed E-state index contributed by atoms with van der Waals surface area (Å²) < 4.78 is 12.8. The van der Waals surface area contributed by atoms with Gasteiger partial charge in [-0.25, -0.2) is 3.59 Å². The number of halogens is 1. The Morgan fingerprint density at radius 2 is 1.35 bits per heavy atom. The van der Waals surface area contributed by atoms with Crippen LogP contribution in [0.2, 0.25) is 0 Å². The van der Waals surface area contributed by atoms with E-state index in [0.29, 0.717) is 4.77 Å². The van der Waals surface area contributed by atoms with Crippen molar-refractivity contribution in [3.63, 3.8) is 0 Å². The molecule has 4 nitrogen and oxygen atoms in total. The molecule has 0 saturated heterocycles. The van der Waals surface area contributed by atoms with Crippen LogP contribution < -0.4 is 9.47 Å². The molecule has 0 saturated carbocycles. The zero-order chi connectivity index (χ0) is 16.4. The number of benzene rings is 2. The van der Waals surface area contributed by atoms with E-state index in [9.17, 15) is 0 Å². The molecule has 0 radical (unpaired) electrons. The number of nitrogens with zero attached hydrogens (tertiary/aromatic N) is 1. The minimum absolute atomic E-state index is 0.599. The average molecular weight is 391 g/mol. The molecule has 1 heterocycles. The molecule has 2 aromatic carbocycles. The molecule has 0 amide bonds. The van der Waals surface area contributed by atoms with Gasteiger partial charge in [0.05, 0.1) is 41.8 Å². The van der Waals surface area contributed by atoms with E-state index in [0.717, 1.165) is 34.0 Å². The molecule has 1 N–H and O–H groups in total. The molecule has 0 aliphatic rings. The molecule has 0 aliphatic heterocycles. The third-order valence-corrected chi connectivity index (χ3v) is 4.81. The van der Waals surface area contributed by atoms with Crippen molar-refractivity contribution in [1.82, 2.24) is 8.58 Å². The van der Waals surface area contributed by atoms with Crippen LogP contribution in [0.1, 0.15) is 0 Å². The number of hydrogen-bond donors (Lipinski definition) is 1. The Labute approximate surface area is 148 Å². The van der Waals surface area contributed by atoms with Gasteiger partial charge in [-0.15, -0.1) is 0 Å². The lowest BCUT2D eigenvalue weighted by Gasteiger charge is -2.08. The summed E-state index contributed by atoms with van der Waals surface area (Å²) in [5, 5.41) is 0. The van der Waals surface area contributed by atoms with E-state index >= 15 is 0 Å². The Kier molecular flexibility index (Phi) is 4.54. The molecule has 0 bridgehead atoms. The van der Waals surface area contributed by atoms with Crippen molar-refractivity contribution in [3.8, 4) is 34.0 Å². The number of imidazole rings is 1. The van der Waals surface area contributed by atoms with E-state index in [2.05, 4.69) is 21.1 Å². The molecular formula is C17H15BrN2O2S. The first kappa shape index (κ1) is 15.8. The number of rotatable bonds is 4.